The van der Waals surface area contributed by atoms with E-state index in [1.54, 1.807) is 0 Å². The fraction of sp³-hybridized carbons (Fsp3) is 1.00. The van der Waals surface area contributed by atoms with Crippen LogP contribution in [-0.4, -0.2) is 26.2 Å². The van der Waals surface area contributed by atoms with Crippen molar-refractivity contribution < 1.29 is 41.7 Å². The van der Waals surface area contributed by atoms with Crippen LogP contribution in [-0.2, 0) is 0 Å². The van der Waals surface area contributed by atoms with E-state index in [4.69, 9.17) is 0 Å². The molecule has 0 aromatic carbocycles. The largest absolute Gasteiger partial charge is 0.314 e. The van der Waals surface area contributed by atoms with E-state index in [1.807, 2.05) is 0 Å². The number of nitrogens with one attached hydrogen (secondary N) is 2. The van der Waals surface area contributed by atoms with Crippen LogP contribution in [0.1, 0.15) is 0 Å². The molecule has 1 saturated heterocycles. The molecule has 0 aromatic heterocycles. The van der Waals surface area contributed by atoms with Crippen molar-refractivity contribution in [3.05, 3.63) is 0 Å². The molecule has 0 atom stereocenters. The first-order valence-corrected chi connectivity index (χ1v) is 2.41. The molecule has 3 heteroatoms. The SMILES string of the molecule is C1CNCCN1.[Ce]. The molecular weight excluding hydrogens is 216 g/mol. The van der Waals surface area contributed by atoms with Crippen LogP contribution in [0.25, 0.3) is 0 Å². The number of rotatable bonds is 0. The molecule has 7 heavy (non-hydrogen) atoms. The van der Waals surface area contributed by atoms with Gasteiger partial charge in [0, 0.05) is 67.9 Å². The van der Waals surface area contributed by atoms with Crippen molar-refractivity contribution in [3.8, 4) is 0 Å². The first-order valence-electron chi connectivity index (χ1n) is 2.41. The molecule has 1 aliphatic heterocycles. The average Bonchev–Trinajstić information content (AvgIpc) is 1.72. The van der Waals surface area contributed by atoms with Gasteiger partial charge >= 0.3 is 0 Å². The van der Waals surface area contributed by atoms with Gasteiger partial charge in [0.05, 0.1) is 0 Å². The molecular formula is C4H10CeN2. The van der Waals surface area contributed by atoms with Crippen LogP contribution in [0.3, 0.4) is 0 Å². The second kappa shape index (κ2) is 5.43. The van der Waals surface area contributed by atoms with E-state index in [-0.39, 0.29) is 41.7 Å². The maximum Gasteiger partial charge on any atom is 0.00772 e. The van der Waals surface area contributed by atoms with Gasteiger partial charge in [-0.25, -0.2) is 0 Å². The van der Waals surface area contributed by atoms with Crippen LogP contribution in [0.4, 0.5) is 0 Å². The van der Waals surface area contributed by atoms with E-state index in [0.29, 0.717) is 0 Å². The summed E-state index contributed by atoms with van der Waals surface area (Å²) < 4.78 is 0. The summed E-state index contributed by atoms with van der Waals surface area (Å²) in [5.41, 5.74) is 0. The molecule has 0 bridgehead atoms. The number of piperazine rings is 1. The molecule has 1 rings (SSSR count). The fourth-order valence-corrected chi connectivity index (χ4v) is 0.604. The first kappa shape index (κ1) is 8.30. The Kier molecular flexibility index (Phi) is 6.44. The zero-order valence-corrected chi connectivity index (χ0v) is 7.47. The van der Waals surface area contributed by atoms with Crippen LogP contribution in [0, 0.1) is 41.7 Å². The van der Waals surface area contributed by atoms with Crippen molar-refractivity contribution in [1.82, 2.24) is 10.6 Å². The predicted molar refractivity (Wildman–Crippen MR) is 25.7 cm³/mol. The Bertz CT molecular complexity index is 25.2. The van der Waals surface area contributed by atoms with Gasteiger partial charge in [-0.05, 0) is 0 Å². The normalized spacial score (nSPS) is 20.6. The molecule has 40 valence electrons. The van der Waals surface area contributed by atoms with Crippen molar-refractivity contribution in [1.29, 1.82) is 0 Å². The topological polar surface area (TPSA) is 24.1 Å². The van der Waals surface area contributed by atoms with Gasteiger partial charge in [0.25, 0.3) is 0 Å². The van der Waals surface area contributed by atoms with Gasteiger partial charge in [0.15, 0.2) is 0 Å². The Balaban J connectivity index is 0.000000360. The van der Waals surface area contributed by atoms with Crippen LogP contribution >= 0.6 is 0 Å². The van der Waals surface area contributed by atoms with Crippen molar-refractivity contribution in [2.45, 2.75) is 0 Å². The first-order chi connectivity index (χ1) is 3.00. The van der Waals surface area contributed by atoms with Crippen LogP contribution in [0.15, 0.2) is 0 Å². The van der Waals surface area contributed by atoms with Crippen LogP contribution in [0.5, 0.6) is 0 Å². The second-order valence-electron chi connectivity index (χ2n) is 1.50. The summed E-state index contributed by atoms with van der Waals surface area (Å²) in [6, 6.07) is 0. The molecule has 1 fully saturated rings. The summed E-state index contributed by atoms with van der Waals surface area (Å²) >= 11 is 0. The fourth-order valence-electron chi connectivity index (χ4n) is 0.604. The quantitative estimate of drug-likeness (QED) is 0.564. The minimum Gasteiger partial charge on any atom is -0.314 e. The Morgan fingerprint density at radius 2 is 1.00 bits per heavy atom. The van der Waals surface area contributed by atoms with Gasteiger partial charge in [-0.3, -0.25) is 0 Å². The van der Waals surface area contributed by atoms with E-state index >= 15 is 0 Å². The molecule has 2 nitrogen and oxygen atoms in total. The zero-order chi connectivity index (χ0) is 4.24. The van der Waals surface area contributed by atoms with Gasteiger partial charge < -0.3 is 10.6 Å². The molecule has 0 aliphatic carbocycles. The predicted octanol–water partition coefficient (Wildman–Crippen LogP) is -0.821. The summed E-state index contributed by atoms with van der Waals surface area (Å²) in [6.45, 7) is 4.56. The molecule has 0 amide bonds. The van der Waals surface area contributed by atoms with Crippen LogP contribution < -0.4 is 10.6 Å². The van der Waals surface area contributed by atoms with Gasteiger partial charge in [-0.2, -0.15) is 0 Å². The van der Waals surface area contributed by atoms with Crippen LogP contribution in [0.2, 0.25) is 0 Å². The van der Waals surface area contributed by atoms with Gasteiger partial charge in [-0.15, -0.1) is 0 Å². The summed E-state index contributed by atoms with van der Waals surface area (Å²) in [5.74, 6) is 0. The third kappa shape index (κ3) is 3.84. The summed E-state index contributed by atoms with van der Waals surface area (Å²) in [5, 5.41) is 6.44. The third-order valence-electron chi connectivity index (χ3n) is 0.957. The van der Waals surface area contributed by atoms with E-state index in [0.717, 1.165) is 26.2 Å². The zero-order valence-electron chi connectivity index (χ0n) is 4.33. The van der Waals surface area contributed by atoms with E-state index in [2.05, 4.69) is 10.6 Å². The summed E-state index contributed by atoms with van der Waals surface area (Å²) in [6.07, 6.45) is 0. The molecule has 0 unspecified atom stereocenters. The maximum absolute atomic E-state index is 3.22. The molecule has 0 saturated carbocycles. The monoisotopic (exact) mass is 226 g/mol. The van der Waals surface area contributed by atoms with Crippen molar-refractivity contribution in [2.75, 3.05) is 26.2 Å². The molecule has 0 spiro atoms. The van der Waals surface area contributed by atoms with E-state index < -0.39 is 0 Å². The maximum atomic E-state index is 3.22. The second-order valence-corrected chi connectivity index (χ2v) is 1.50. The van der Waals surface area contributed by atoms with Gasteiger partial charge in [0.2, 0.25) is 0 Å². The summed E-state index contributed by atoms with van der Waals surface area (Å²) in [7, 11) is 0. The molecule has 1 aliphatic rings. The van der Waals surface area contributed by atoms with E-state index in [1.165, 1.54) is 0 Å². The smallest absolute Gasteiger partial charge is 0.00772 e. The van der Waals surface area contributed by atoms with Gasteiger partial charge in [0.1, 0.15) is 0 Å². The third-order valence-corrected chi connectivity index (χ3v) is 0.957. The number of hydrogen-bond acceptors (Lipinski definition) is 2. The van der Waals surface area contributed by atoms with Gasteiger partial charge in [-0.1, -0.05) is 0 Å². The molecule has 0 radical (unpaired) electrons. The van der Waals surface area contributed by atoms with E-state index in [9.17, 15) is 0 Å². The average molecular weight is 226 g/mol. The number of hydrogen-bond donors (Lipinski definition) is 2. The molecule has 2 N–H and O–H groups in total. The standard InChI is InChI=1S/C4H10N2.Ce/c1-2-6-4-3-5-1;/h5-6H,1-4H2;. The Morgan fingerprint density at radius 1 is 0.714 bits per heavy atom. The van der Waals surface area contributed by atoms with Crippen molar-refractivity contribution in [2.24, 2.45) is 0 Å². The Morgan fingerprint density at radius 3 is 1.14 bits per heavy atom. The molecule has 1 heterocycles. The Hall–Kier alpha value is 1.30. The van der Waals surface area contributed by atoms with Crippen molar-refractivity contribution in [3.63, 3.8) is 0 Å². The minimum atomic E-state index is 0. The van der Waals surface area contributed by atoms with Crippen molar-refractivity contribution >= 4 is 0 Å². The minimum absolute atomic E-state index is 0. The Labute approximate surface area is 77.8 Å². The summed E-state index contributed by atoms with van der Waals surface area (Å²) in [4.78, 5) is 0. The molecule has 0 aromatic rings.